The molecule has 1 saturated carbocycles. The van der Waals surface area contributed by atoms with Gasteiger partial charge in [0.1, 0.15) is 0 Å². The molecule has 0 saturated heterocycles. The Balaban J connectivity index is 2.06. The highest BCUT2D eigenvalue weighted by Crippen LogP contribution is 2.40. The van der Waals surface area contributed by atoms with Crippen molar-refractivity contribution in [1.29, 1.82) is 0 Å². The van der Waals surface area contributed by atoms with Gasteiger partial charge in [0.15, 0.2) is 5.82 Å². The maximum absolute atomic E-state index is 13.3. The van der Waals surface area contributed by atoms with Gasteiger partial charge in [-0.25, -0.2) is 8.78 Å². The molecule has 1 fully saturated rings. The minimum atomic E-state index is -2.60. The quantitative estimate of drug-likeness (QED) is 0.882. The molecule has 18 heavy (non-hydrogen) atoms. The Morgan fingerprint density at radius 2 is 2.11 bits per heavy atom. The van der Waals surface area contributed by atoms with Gasteiger partial charge in [0.05, 0.1) is 0 Å². The maximum atomic E-state index is 13.3. The smallest absolute Gasteiger partial charge is 0.321 e. The molecule has 0 bridgehead atoms. The molecule has 1 N–H and O–H groups in total. The molecule has 6 heteroatoms. The molecule has 1 aromatic heterocycles. The molecule has 0 radical (unpaired) electrons. The first-order chi connectivity index (χ1) is 8.25. The Hall–Kier alpha value is -1.20. The highest BCUT2D eigenvalue weighted by Gasteiger charge is 2.38. The third kappa shape index (κ3) is 3.40. The average molecular weight is 259 g/mol. The second-order valence-electron chi connectivity index (χ2n) is 5.98. The first kappa shape index (κ1) is 13.2. The molecule has 1 heterocycles. The van der Waals surface area contributed by atoms with E-state index in [4.69, 9.17) is 4.52 Å². The fourth-order valence-corrected chi connectivity index (χ4v) is 2.16. The van der Waals surface area contributed by atoms with Crippen LogP contribution in [0.2, 0.25) is 0 Å². The lowest BCUT2D eigenvalue weighted by Gasteiger charge is -2.26. The molecule has 0 aromatic carbocycles. The van der Waals surface area contributed by atoms with Crippen molar-refractivity contribution >= 4 is 6.01 Å². The number of halogens is 2. The molecule has 2 rings (SSSR count). The Bertz CT molecular complexity index is 412. The fourth-order valence-electron chi connectivity index (χ4n) is 2.16. The van der Waals surface area contributed by atoms with Crippen molar-refractivity contribution in [2.24, 2.45) is 0 Å². The van der Waals surface area contributed by atoms with Crippen LogP contribution in [0.1, 0.15) is 58.2 Å². The molecule has 102 valence electrons. The summed E-state index contributed by atoms with van der Waals surface area (Å²) in [6.45, 7) is 5.89. The Morgan fingerprint density at radius 1 is 1.39 bits per heavy atom. The van der Waals surface area contributed by atoms with Crippen LogP contribution in [0.3, 0.4) is 0 Å². The molecule has 1 aromatic rings. The van der Waals surface area contributed by atoms with Crippen molar-refractivity contribution in [1.82, 2.24) is 10.1 Å². The van der Waals surface area contributed by atoms with E-state index >= 15 is 0 Å². The van der Waals surface area contributed by atoms with Crippen LogP contribution in [0.4, 0.5) is 14.8 Å². The lowest BCUT2D eigenvalue weighted by Crippen LogP contribution is -2.27. The van der Waals surface area contributed by atoms with E-state index in [1.807, 2.05) is 20.8 Å². The summed E-state index contributed by atoms with van der Waals surface area (Å²) in [4.78, 5) is 4.16. The monoisotopic (exact) mass is 259 g/mol. The minimum Gasteiger partial charge on any atom is -0.333 e. The van der Waals surface area contributed by atoms with Crippen LogP contribution in [0.5, 0.6) is 0 Å². The maximum Gasteiger partial charge on any atom is 0.321 e. The van der Waals surface area contributed by atoms with Crippen LogP contribution < -0.4 is 5.32 Å². The summed E-state index contributed by atoms with van der Waals surface area (Å²) < 4.78 is 31.7. The predicted octanol–water partition coefficient (Wildman–Crippen LogP) is 3.57. The zero-order valence-corrected chi connectivity index (χ0v) is 11.0. The molecule has 4 nitrogen and oxygen atoms in total. The fraction of sp³-hybridized carbons (Fsp3) is 0.833. The lowest BCUT2D eigenvalue weighted by atomic mass is 9.86. The SMILES string of the molecule is CC(C)(C)Nc1nc(C2CCCC(F)(F)C2)no1. The summed E-state index contributed by atoms with van der Waals surface area (Å²) in [6, 6.07) is 0.298. The van der Waals surface area contributed by atoms with Crippen molar-refractivity contribution in [3.8, 4) is 0 Å². The van der Waals surface area contributed by atoms with Gasteiger partial charge in [0.25, 0.3) is 0 Å². The van der Waals surface area contributed by atoms with Gasteiger partial charge < -0.3 is 9.84 Å². The van der Waals surface area contributed by atoms with Gasteiger partial charge in [0.2, 0.25) is 5.92 Å². The van der Waals surface area contributed by atoms with Gasteiger partial charge in [-0.3, -0.25) is 0 Å². The summed E-state index contributed by atoms with van der Waals surface area (Å²) in [5.41, 5.74) is -0.194. The highest BCUT2D eigenvalue weighted by molar-refractivity contribution is 5.23. The Labute approximate surface area is 105 Å². The van der Waals surface area contributed by atoms with Gasteiger partial charge in [-0.1, -0.05) is 5.16 Å². The van der Waals surface area contributed by atoms with Gasteiger partial charge in [-0.15, -0.1) is 0 Å². The van der Waals surface area contributed by atoms with Crippen molar-refractivity contribution in [2.45, 2.75) is 63.8 Å². The number of nitrogens with zero attached hydrogens (tertiary/aromatic N) is 2. The van der Waals surface area contributed by atoms with Gasteiger partial charge in [0, 0.05) is 24.3 Å². The highest BCUT2D eigenvalue weighted by atomic mass is 19.3. The van der Waals surface area contributed by atoms with Crippen LogP contribution in [0.15, 0.2) is 4.52 Å². The number of anilines is 1. The van der Waals surface area contributed by atoms with Crippen molar-refractivity contribution in [3.63, 3.8) is 0 Å². The van der Waals surface area contributed by atoms with E-state index in [1.54, 1.807) is 0 Å². The standard InChI is InChI=1S/C12H19F2N3O/c1-11(2,3)16-10-15-9(17-18-10)8-5-4-6-12(13,14)7-8/h8H,4-7H2,1-3H3,(H,15,16,17). The topological polar surface area (TPSA) is 51.0 Å². The lowest BCUT2D eigenvalue weighted by molar-refractivity contribution is -0.0418. The largest absolute Gasteiger partial charge is 0.333 e. The van der Waals surface area contributed by atoms with Gasteiger partial charge in [-0.05, 0) is 33.6 Å². The van der Waals surface area contributed by atoms with E-state index in [0.29, 0.717) is 24.7 Å². The second kappa shape index (κ2) is 4.48. The number of hydrogen-bond acceptors (Lipinski definition) is 4. The normalized spacial score (nSPS) is 23.9. The van der Waals surface area contributed by atoms with Crippen LogP contribution in [-0.4, -0.2) is 21.6 Å². The average Bonchev–Trinajstić information content (AvgIpc) is 2.61. The zero-order chi connectivity index (χ0) is 13.4. The Kier molecular flexibility index (Phi) is 3.29. The molecular weight excluding hydrogens is 240 g/mol. The summed E-state index contributed by atoms with van der Waals surface area (Å²) in [5, 5.41) is 6.84. The number of alkyl halides is 2. The molecule has 0 aliphatic heterocycles. The van der Waals surface area contributed by atoms with Crippen LogP contribution in [0, 0.1) is 0 Å². The molecular formula is C12H19F2N3O. The van der Waals surface area contributed by atoms with Crippen LogP contribution in [-0.2, 0) is 0 Å². The molecule has 0 amide bonds. The van der Waals surface area contributed by atoms with E-state index in [-0.39, 0.29) is 24.3 Å². The van der Waals surface area contributed by atoms with Gasteiger partial charge in [-0.2, -0.15) is 4.98 Å². The Morgan fingerprint density at radius 3 is 2.72 bits per heavy atom. The van der Waals surface area contributed by atoms with Crippen molar-refractivity contribution < 1.29 is 13.3 Å². The molecule has 1 aliphatic carbocycles. The summed E-state index contributed by atoms with van der Waals surface area (Å²) in [7, 11) is 0. The first-order valence-corrected chi connectivity index (χ1v) is 6.25. The minimum absolute atomic E-state index is 0.0333. The third-order valence-corrected chi connectivity index (χ3v) is 2.93. The summed E-state index contributed by atoms with van der Waals surface area (Å²) in [6.07, 6.45) is 0.994. The number of aromatic nitrogens is 2. The third-order valence-electron chi connectivity index (χ3n) is 2.93. The predicted molar refractivity (Wildman–Crippen MR) is 63.8 cm³/mol. The van der Waals surface area contributed by atoms with Crippen molar-refractivity contribution in [2.75, 3.05) is 5.32 Å². The van der Waals surface area contributed by atoms with Gasteiger partial charge >= 0.3 is 6.01 Å². The number of nitrogens with one attached hydrogen (secondary N) is 1. The number of hydrogen-bond donors (Lipinski definition) is 1. The molecule has 1 unspecified atom stereocenters. The first-order valence-electron chi connectivity index (χ1n) is 6.25. The van der Waals surface area contributed by atoms with E-state index in [9.17, 15) is 8.78 Å². The van der Waals surface area contributed by atoms with Crippen LogP contribution >= 0.6 is 0 Å². The summed E-state index contributed by atoms with van der Waals surface area (Å²) >= 11 is 0. The van der Waals surface area contributed by atoms with Crippen molar-refractivity contribution in [3.05, 3.63) is 5.82 Å². The molecule has 0 spiro atoms. The second-order valence-corrected chi connectivity index (χ2v) is 5.98. The van der Waals surface area contributed by atoms with E-state index in [0.717, 1.165) is 0 Å². The molecule has 1 aliphatic rings. The molecule has 1 atom stereocenters. The summed E-state index contributed by atoms with van der Waals surface area (Å²) in [5.74, 6) is -2.50. The zero-order valence-electron chi connectivity index (χ0n) is 11.0. The van der Waals surface area contributed by atoms with E-state index < -0.39 is 5.92 Å². The van der Waals surface area contributed by atoms with E-state index in [1.165, 1.54) is 0 Å². The number of rotatable bonds is 2. The van der Waals surface area contributed by atoms with Crippen LogP contribution in [0.25, 0.3) is 0 Å². The van der Waals surface area contributed by atoms with E-state index in [2.05, 4.69) is 15.5 Å².